The third-order valence-electron chi connectivity index (χ3n) is 8.34. The van der Waals surface area contributed by atoms with E-state index in [4.69, 9.17) is 26.3 Å². The first-order valence-corrected chi connectivity index (χ1v) is 15.6. The highest BCUT2D eigenvalue weighted by atomic mass is 35.5. The summed E-state index contributed by atoms with van der Waals surface area (Å²) in [7, 11) is 1.93. The minimum absolute atomic E-state index is 0.0406. The first kappa shape index (κ1) is 31.0. The molecule has 6 rings (SSSR count). The van der Waals surface area contributed by atoms with E-state index in [0.717, 1.165) is 22.6 Å². The molecule has 2 bridgehead atoms. The van der Waals surface area contributed by atoms with Gasteiger partial charge >= 0.3 is 5.97 Å². The highest BCUT2D eigenvalue weighted by Crippen LogP contribution is 2.34. The maximum absolute atomic E-state index is 13.9. The molecule has 12 heteroatoms. The minimum atomic E-state index is -0.462. The molecule has 0 radical (unpaired) electrons. The number of carbonyl (C=O) groups excluding carboxylic acids is 2. The van der Waals surface area contributed by atoms with Crippen LogP contribution in [0.3, 0.4) is 0 Å². The number of nitrogens with zero attached hydrogens (tertiary/aromatic N) is 6. The van der Waals surface area contributed by atoms with Crippen LogP contribution in [-0.2, 0) is 16.6 Å². The van der Waals surface area contributed by atoms with Gasteiger partial charge in [0.1, 0.15) is 5.56 Å². The number of hydrogen-bond acceptors (Lipinski definition) is 7. The lowest BCUT2D eigenvalue weighted by Crippen LogP contribution is -2.27. The fourth-order valence-corrected chi connectivity index (χ4v) is 6.07. The monoisotopic (exact) mass is 639 g/mol. The summed E-state index contributed by atoms with van der Waals surface area (Å²) in [5.74, 6) is -0.718. The summed E-state index contributed by atoms with van der Waals surface area (Å²) in [6.07, 6.45) is 8.70. The molecule has 1 aliphatic rings. The number of nitrogens with one attached hydrogen (secondary N) is 1. The molecule has 2 atom stereocenters. The van der Waals surface area contributed by atoms with Crippen LogP contribution in [0.5, 0.6) is 0 Å². The lowest BCUT2D eigenvalue weighted by Gasteiger charge is -2.22. The number of aromatic nitrogens is 6. The summed E-state index contributed by atoms with van der Waals surface area (Å²) < 4.78 is 10.3. The SMILES string of the molecule is CCOC(=O)c1cn(-c2ccc(Cl)cc2-c2cc(=O)n([C@H]3CCC[C@@H](C)C(=O)Nc4ccn(C)c4-c4ccnc3c4)cn2)nc1C. The number of pyridine rings is 1. The summed E-state index contributed by atoms with van der Waals surface area (Å²) in [4.78, 5) is 48.7. The summed E-state index contributed by atoms with van der Waals surface area (Å²) in [6, 6.07) is 12.0. The molecule has 1 amide bonds. The van der Waals surface area contributed by atoms with E-state index in [1.165, 1.54) is 12.4 Å². The van der Waals surface area contributed by atoms with Gasteiger partial charge in [-0.2, -0.15) is 5.10 Å². The maximum atomic E-state index is 13.9. The zero-order chi connectivity index (χ0) is 32.5. The number of benzene rings is 1. The predicted octanol–water partition coefficient (Wildman–Crippen LogP) is 5.98. The Balaban J connectivity index is 1.41. The second kappa shape index (κ2) is 12.8. The molecule has 236 valence electrons. The summed E-state index contributed by atoms with van der Waals surface area (Å²) in [5, 5.41) is 8.07. The fraction of sp³-hybridized carbons (Fsp3) is 0.294. The zero-order valence-electron chi connectivity index (χ0n) is 26.0. The number of anilines is 1. The van der Waals surface area contributed by atoms with Crippen molar-refractivity contribution in [3.8, 4) is 28.2 Å². The molecule has 1 N–H and O–H groups in total. The standard InChI is InChI=1S/C34H34ClN7O4/c1-5-46-34(45)25-18-42(39-21(25)3)29-10-9-23(35)16-24(29)27-17-31(43)41(19-37-27)30-8-6-7-20(2)33(44)38-26-12-14-40(4)32(26)22-11-13-36-28(30)15-22/h9-20,30H,5-8H2,1-4H3,(H,38,44)/t20-,30+/m1/s1. The van der Waals surface area contributed by atoms with E-state index >= 15 is 0 Å². The third kappa shape index (κ3) is 5.97. The molecule has 0 saturated heterocycles. The zero-order valence-corrected chi connectivity index (χ0v) is 26.8. The van der Waals surface area contributed by atoms with Crippen LogP contribution in [0.2, 0.25) is 5.02 Å². The van der Waals surface area contributed by atoms with Gasteiger partial charge in [0.2, 0.25) is 5.91 Å². The molecule has 0 unspecified atom stereocenters. The van der Waals surface area contributed by atoms with Crippen molar-refractivity contribution in [2.75, 3.05) is 11.9 Å². The van der Waals surface area contributed by atoms with Crippen molar-refractivity contribution in [3.63, 3.8) is 0 Å². The maximum Gasteiger partial charge on any atom is 0.341 e. The first-order chi connectivity index (χ1) is 22.1. The number of amides is 1. The highest BCUT2D eigenvalue weighted by molar-refractivity contribution is 6.31. The molecule has 0 saturated carbocycles. The number of halogens is 1. The van der Waals surface area contributed by atoms with Crippen LogP contribution in [-0.4, -0.2) is 47.4 Å². The second-order valence-corrected chi connectivity index (χ2v) is 11.9. The van der Waals surface area contributed by atoms with Crippen molar-refractivity contribution in [1.82, 2.24) is 28.9 Å². The van der Waals surface area contributed by atoms with Gasteiger partial charge in [-0.05, 0) is 63.1 Å². The van der Waals surface area contributed by atoms with Crippen LogP contribution < -0.4 is 10.9 Å². The Bertz CT molecular complexity index is 2010. The van der Waals surface area contributed by atoms with Gasteiger partial charge in [-0.25, -0.2) is 14.5 Å². The fourth-order valence-electron chi connectivity index (χ4n) is 5.90. The van der Waals surface area contributed by atoms with Crippen molar-refractivity contribution in [2.45, 2.75) is 46.1 Å². The van der Waals surface area contributed by atoms with E-state index in [1.807, 2.05) is 42.9 Å². The third-order valence-corrected chi connectivity index (χ3v) is 8.57. The number of carbonyl (C=O) groups is 2. The molecule has 0 fully saturated rings. The van der Waals surface area contributed by atoms with E-state index < -0.39 is 12.0 Å². The van der Waals surface area contributed by atoms with Crippen LogP contribution in [0, 0.1) is 12.8 Å². The molecule has 1 aromatic carbocycles. The molecular formula is C34H34ClN7O4. The van der Waals surface area contributed by atoms with Crippen molar-refractivity contribution in [2.24, 2.45) is 13.0 Å². The molecule has 46 heavy (non-hydrogen) atoms. The number of hydrogen-bond donors (Lipinski definition) is 1. The van der Waals surface area contributed by atoms with Crippen molar-refractivity contribution in [3.05, 3.63) is 99.7 Å². The van der Waals surface area contributed by atoms with E-state index in [1.54, 1.807) is 53.7 Å². The Hall–Kier alpha value is -5.03. The van der Waals surface area contributed by atoms with Gasteiger partial charge in [0.05, 0.1) is 53.1 Å². The van der Waals surface area contributed by atoms with Gasteiger partial charge in [-0.1, -0.05) is 24.9 Å². The molecule has 0 aliphatic carbocycles. The smallest absolute Gasteiger partial charge is 0.341 e. The van der Waals surface area contributed by atoms with Crippen molar-refractivity contribution >= 4 is 29.2 Å². The van der Waals surface area contributed by atoms with Crippen LogP contribution in [0.15, 0.2) is 72.2 Å². The van der Waals surface area contributed by atoms with E-state index in [-0.39, 0.29) is 24.0 Å². The van der Waals surface area contributed by atoms with E-state index in [9.17, 15) is 14.4 Å². The Morgan fingerprint density at radius 2 is 1.93 bits per heavy atom. The Morgan fingerprint density at radius 3 is 2.72 bits per heavy atom. The second-order valence-electron chi connectivity index (χ2n) is 11.5. The number of ether oxygens (including phenoxy) is 1. The summed E-state index contributed by atoms with van der Waals surface area (Å²) in [5.41, 5.74) is 5.35. The molecule has 0 spiro atoms. The van der Waals surface area contributed by atoms with Crippen molar-refractivity contribution in [1.29, 1.82) is 0 Å². The highest BCUT2D eigenvalue weighted by Gasteiger charge is 2.24. The molecule has 5 aromatic rings. The van der Waals surface area contributed by atoms with Crippen molar-refractivity contribution < 1.29 is 14.3 Å². The number of fused-ring (bicyclic) bond motifs is 4. The van der Waals surface area contributed by atoms with Gasteiger partial charge in [0.25, 0.3) is 5.56 Å². The average molecular weight is 640 g/mol. The normalized spacial score (nSPS) is 16.6. The number of rotatable bonds is 5. The average Bonchev–Trinajstić information content (AvgIpc) is 3.60. The molecule has 11 nitrogen and oxygen atoms in total. The number of aryl methyl sites for hydroxylation is 2. The first-order valence-electron chi connectivity index (χ1n) is 15.2. The van der Waals surface area contributed by atoms with Gasteiger partial charge in [-0.3, -0.25) is 19.1 Å². The summed E-state index contributed by atoms with van der Waals surface area (Å²) in [6.45, 7) is 5.64. The Kier molecular flexibility index (Phi) is 8.59. The molecule has 5 heterocycles. The van der Waals surface area contributed by atoms with Crippen LogP contribution in [0.25, 0.3) is 28.2 Å². The lowest BCUT2D eigenvalue weighted by atomic mass is 9.97. The van der Waals surface area contributed by atoms with Crippen LogP contribution in [0.4, 0.5) is 5.69 Å². The van der Waals surface area contributed by atoms with Crippen LogP contribution in [0.1, 0.15) is 60.9 Å². The van der Waals surface area contributed by atoms with Gasteiger partial charge in [0.15, 0.2) is 0 Å². The van der Waals surface area contributed by atoms with E-state index in [0.29, 0.717) is 52.5 Å². The summed E-state index contributed by atoms with van der Waals surface area (Å²) >= 11 is 6.41. The molecule has 1 aliphatic heterocycles. The van der Waals surface area contributed by atoms with Gasteiger partial charge in [0, 0.05) is 53.8 Å². The largest absolute Gasteiger partial charge is 0.462 e. The Labute approximate surface area is 270 Å². The molecule has 4 aromatic heterocycles. The number of esters is 1. The lowest BCUT2D eigenvalue weighted by molar-refractivity contribution is -0.119. The van der Waals surface area contributed by atoms with Gasteiger partial charge < -0.3 is 14.6 Å². The topological polar surface area (TPSA) is 126 Å². The predicted molar refractivity (Wildman–Crippen MR) is 175 cm³/mol. The van der Waals surface area contributed by atoms with Gasteiger partial charge in [-0.15, -0.1) is 0 Å². The Morgan fingerprint density at radius 1 is 1.11 bits per heavy atom. The van der Waals surface area contributed by atoms with E-state index in [2.05, 4.69) is 10.4 Å². The minimum Gasteiger partial charge on any atom is -0.462 e. The molecular weight excluding hydrogens is 606 g/mol. The quantitative estimate of drug-likeness (QED) is 0.234. The van der Waals surface area contributed by atoms with Crippen LogP contribution >= 0.6 is 11.6 Å².